The van der Waals surface area contributed by atoms with E-state index in [1.54, 1.807) is 24.3 Å². The minimum Gasteiger partial charge on any atom is -0.474 e. The van der Waals surface area contributed by atoms with Gasteiger partial charge >= 0.3 is 18.2 Å². The number of benzene rings is 4. The van der Waals surface area contributed by atoms with E-state index in [2.05, 4.69) is 4.74 Å². The molecule has 0 aliphatic carbocycles. The second kappa shape index (κ2) is 10.4. The van der Waals surface area contributed by atoms with Gasteiger partial charge in [0.15, 0.2) is 0 Å². The molecule has 0 aliphatic rings. The lowest BCUT2D eigenvalue weighted by atomic mass is 10.0. The van der Waals surface area contributed by atoms with Crippen LogP contribution in [0.3, 0.4) is 0 Å². The van der Waals surface area contributed by atoms with Crippen molar-refractivity contribution in [1.29, 1.82) is 0 Å². The average Bonchev–Trinajstić information content (AvgIpc) is 2.87. The molecule has 4 aromatic carbocycles. The highest BCUT2D eigenvalue weighted by molar-refractivity contribution is 6.37. The largest absolute Gasteiger partial charge is 0.573 e. The normalized spacial score (nSPS) is 11.1. The van der Waals surface area contributed by atoms with Crippen molar-refractivity contribution >= 4 is 17.6 Å². The number of aliphatic carboxylic acids is 1. The Hall–Kier alpha value is -4.59. The van der Waals surface area contributed by atoms with Gasteiger partial charge in [0.2, 0.25) is 0 Å². The van der Waals surface area contributed by atoms with E-state index >= 15 is 0 Å². The third kappa shape index (κ3) is 6.09. The number of alkyl halides is 3. The first kappa shape index (κ1) is 24.5. The smallest absolute Gasteiger partial charge is 0.474 e. The molecule has 0 fully saturated rings. The number of hydrogen-bond acceptors (Lipinski definition) is 3. The molecule has 4 aromatic rings. The maximum atomic E-state index is 12.5. The topological polar surface area (TPSA) is 66.8 Å². The van der Waals surface area contributed by atoms with Crippen molar-refractivity contribution < 1.29 is 32.6 Å². The third-order valence-electron chi connectivity index (χ3n) is 5.43. The Morgan fingerprint density at radius 2 is 1.17 bits per heavy atom. The molecule has 0 atom stereocenters. The van der Waals surface area contributed by atoms with E-state index < -0.39 is 18.2 Å². The van der Waals surface area contributed by atoms with Gasteiger partial charge in [0.25, 0.3) is 0 Å². The van der Waals surface area contributed by atoms with E-state index in [-0.39, 0.29) is 12.3 Å². The Morgan fingerprint density at radius 1 is 0.694 bits per heavy atom. The monoisotopic (exact) mass is 491 g/mol. The Balaban J connectivity index is 1.53. The summed E-state index contributed by atoms with van der Waals surface area (Å²) in [5, 5.41) is 9.34. The quantitative estimate of drug-likeness (QED) is 0.311. The number of carbonyl (C=O) groups is 2. The zero-order valence-corrected chi connectivity index (χ0v) is 18.8. The van der Waals surface area contributed by atoms with E-state index in [0.29, 0.717) is 16.8 Å². The lowest BCUT2D eigenvalue weighted by molar-refractivity contribution is -0.274. The molecule has 0 aliphatic heterocycles. The number of carboxylic acid groups (broad SMARTS) is 1. The molecule has 182 valence electrons. The molecule has 1 amide bonds. The maximum Gasteiger partial charge on any atom is 0.573 e. The van der Waals surface area contributed by atoms with E-state index in [1.165, 1.54) is 24.3 Å². The van der Waals surface area contributed by atoms with Crippen molar-refractivity contribution in [3.8, 4) is 28.0 Å². The lowest BCUT2D eigenvalue weighted by Crippen LogP contribution is -2.36. The zero-order valence-electron chi connectivity index (χ0n) is 18.8. The van der Waals surface area contributed by atoms with Crippen LogP contribution in [0.25, 0.3) is 22.3 Å². The predicted molar refractivity (Wildman–Crippen MR) is 129 cm³/mol. The van der Waals surface area contributed by atoms with Gasteiger partial charge in [-0.15, -0.1) is 13.2 Å². The molecule has 4 rings (SSSR count). The number of amides is 1. The molecule has 36 heavy (non-hydrogen) atoms. The average molecular weight is 491 g/mol. The molecule has 0 spiro atoms. The van der Waals surface area contributed by atoms with Gasteiger partial charge in [-0.1, -0.05) is 78.9 Å². The zero-order chi connectivity index (χ0) is 25.7. The molecule has 0 saturated heterocycles. The fourth-order valence-corrected chi connectivity index (χ4v) is 3.69. The number of carbonyl (C=O) groups excluding carboxylic acids is 1. The number of rotatable bonds is 6. The molecule has 8 heteroatoms. The highest BCUT2D eigenvalue weighted by atomic mass is 19.4. The fraction of sp³-hybridized carbons (Fsp3) is 0.0714. The summed E-state index contributed by atoms with van der Waals surface area (Å²) < 4.78 is 41.0. The highest BCUT2D eigenvalue weighted by Gasteiger charge is 2.31. The van der Waals surface area contributed by atoms with E-state index in [0.717, 1.165) is 21.6 Å². The standard InChI is InChI=1S/C28H20F3NO4/c29-28(30,31)36-25-16-12-23(13-17-25)22-10-14-24(15-11-22)32(26(33)27(34)35)18-19-6-8-21(9-7-19)20-4-2-1-3-5-20/h1-17H,18H2,(H,34,35). The molecule has 0 saturated carbocycles. The van der Waals surface area contributed by atoms with Gasteiger partial charge in [-0.3, -0.25) is 9.69 Å². The van der Waals surface area contributed by atoms with E-state index in [1.807, 2.05) is 54.6 Å². The van der Waals surface area contributed by atoms with Crippen molar-refractivity contribution in [2.45, 2.75) is 12.9 Å². The van der Waals surface area contributed by atoms with Crippen LogP contribution >= 0.6 is 0 Å². The molecular weight excluding hydrogens is 471 g/mol. The summed E-state index contributed by atoms with van der Waals surface area (Å²) >= 11 is 0. The summed E-state index contributed by atoms with van der Waals surface area (Å²) in [6.07, 6.45) is -4.77. The van der Waals surface area contributed by atoms with E-state index in [9.17, 15) is 27.9 Å². The summed E-state index contributed by atoms with van der Waals surface area (Å²) in [5.74, 6) is -3.00. The molecule has 0 radical (unpaired) electrons. The first-order valence-electron chi connectivity index (χ1n) is 10.8. The molecule has 0 heterocycles. The van der Waals surface area contributed by atoms with Crippen molar-refractivity contribution in [3.63, 3.8) is 0 Å². The van der Waals surface area contributed by atoms with Crippen molar-refractivity contribution in [3.05, 3.63) is 109 Å². The minimum atomic E-state index is -4.77. The predicted octanol–water partition coefficient (Wildman–Crippen LogP) is 6.54. The molecule has 5 nitrogen and oxygen atoms in total. The number of nitrogens with zero attached hydrogens (tertiary/aromatic N) is 1. The Morgan fingerprint density at radius 3 is 1.67 bits per heavy atom. The highest BCUT2D eigenvalue weighted by Crippen LogP contribution is 2.29. The molecule has 1 N–H and O–H groups in total. The number of halogens is 3. The second-order valence-corrected chi connectivity index (χ2v) is 7.88. The number of carboxylic acids is 1. The number of anilines is 1. The fourth-order valence-electron chi connectivity index (χ4n) is 3.69. The summed E-state index contributed by atoms with van der Waals surface area (Å²) in [6, 6.07) is 29.1. The first-order chi connectivity index (χ1) is 17.2. The molecule has 0 aromatic heterocycles. The van der Waals surface area contributed by atoms with Gasteiger partial charge < -0.3 is 9.84 Å². The van der Waals surface area contributed by atoms with Crippen LogP contribution in [0.5, 0.6) is 5.75 Å². The number of ether oxygens (including phenoxy) is 1. The van der Waals surface area contributed by atoms with Crippen molar-refractivity contribution in [2.24, 2.45) is 0 Å². The van der Waals surface area contributed by atoms with Crippen LogP contribution < -0.4 is 9.64 Å². The van der Waals surface area contributed by atoms with Gasteiger partial charge in [0.1, 0.15) is 5.75 Å². The van der Waals surface area contributed by atoms with Crippen LogP contribution in [0.2, 0.25) is 0 Å². The van der Waals surface area contributed by atoms with E-state index in [4.69, 9.17) is 0 Å². The van der Waals surface area contributed by atoms with Crippen molar-refractivity contribution in [1.82, 2.24) is 0 Å². The van der Waals surface area contributed by atoms with Crippen LogP contribution in [0.4, 0.5) is 18.9 Å². The SMILES string of the molecule is O=C(O)C(=O)N(Cc1ccc(-c2ccccc2)cc1)c1ccc(-c2ccc(OC(F)(F)F)cc2)cc1. The van der Waals surface area contributed by atoms with Gasteiger partial charge in [-0.25, -0.2) is 4.79 Å². The Kier molecular flexibility index (Phi) is 7.05. The molecule has 0 unspecified atom stereocenters. The van der Waals surface area contributed by atoms with Gasteiger partial charge in [0.05, 0.1) is 6.54 Å². The van der Waals surface area contributed by atoms with Crippen LogP contribution in [-0.4, -0.2) is 23.3 Å². The Labute approximate surface area is 205 Å². The van der Waals surface area contributed by atoms with Gasteiger partial charge in [-0.2, -0.15) is 0 Å². The Bertz CT molecular complexity index is 1340. The molecule has 0 bridgehead atoms. The van der Waals surface area contributed by atoms with Crippen LogP contribution in [-0.2, 0) is 16.1 Å². The van der Waals surface area contributed by atoms with Crippen LogP contribution in [0.1, 0.15) is 5.56 Å². The second-order valence-electron chi connectivity index (χ2n) is 7.88. The summed E-state index contributed by atoms with van der Waals surface area (Å²) in [7, 11) is 0. The minimum absolute atomic E-state index is 0.0447. The van der Waals surface area contributed by atoms with Crippen molar-refractivity contribution in [2.75, 3.05) is 4.90 Å². The summed E-state index contributed by atoms with van der Waals surface area (Å²) in [6.45, 7) is 0.0447. The van der Waals surface area contributed by atoms with Gasteiger partial charge in [0, 0.05) is 5.69 Å². The molecular formula is C28H20F3NO4. The maximum absolute atomic E-state index is 12.5. The van der Waals surface area contributed by atoms with Gasteiger partial charge in [-0.05, 0) is 52.1 Å². The summed E-state index contributed by atoms with van der Waals surface area (Å²) in [5.41, 5.74) is 4.45. The third-order valence-corrected chi connectivity index (χ3v) is 5.43. The van der Waals surface area contributed by atoms with Crippen LogP contribution in [0, 0.1) is 0 Å². The number of hydrogen-bond donors (Lipinski definition) is 1. The summed E-state index contributed by atoms with van der Waals surface area (Å²) in [4.78, 5) is 25.1. The first-order valence-corrected chi connectivity index (χ1v) is 10.8. The van der Waals surface area contributed by atoms with Crippen LogP contribution in [0.15, 0.2) is 103 Å². The lowest BCUT2D eigenvalue weighted by Gasteiger charge is -2.21.